The Morgan fingerprint density at radius 1 is 1.05 bits per heavy atom. The van der Waals surface area contributed by atoms with E-state index in [1.165, 1.54) is 0 Å². The van der Waals surface area contributed by atoms with Crippen molar-refractivity contribution in [3.8, 4) is 0 Å². The van der Waals surface area contributed by atoms with Crippen molar-refractivity contribution in [2.75, 3.05) is 0 Å². The molecule has 1 aromatic rings. The predicted octanol–water partition coefficient (Wildman–Crippen LogP) is 1.78. The highest BCUT2D eigenvalue weighted by molar-refractivity contribution is 6.64. The van der Waals surface area contributed by atoms with Crippen LogP contribution in [0.25, 0.3) is 6.08 Å². The molecule has 2 N–H and O–H groups in total. The third kappa shape index (κ3) is 6.01. The van der Waals surface area contributed by atoms with Crippen LogP contribution in [0.4, 0.5) is 0 Å². The molecule has 0 saturated heterocycles. The number of amides is 2. The second-order valence-electron chi connectivity index (χ2n) is 3.96. The molecule has 5 heteroatoms. The third-order valence-electron chi connectivity index (χ3n) is 2.43. The van der Waals surface area contributed by atoms with E-state index >= 15 is 0 Å². The normalized spacial score (nSPS) is 10.7. The minimum Gasteiger partial charge on any atom is -0.361 e. The maximum atomic E-state index is 11.4. The van der Waals surface area contributed by atoms with E-state index in [1.807, 2.05) is 42.1 Å². The van der Waals surface area contributed by atoms with Crippen LogP contribution in [0.5, 0.6) is 0 Å². The molecule has 0 heterocycles. The van der Waals surface area contributed by atoms with Gasteiger partial charge in [-0.1, -0.05) is 56.0 Å². The lowest BCUT2D eigenvalue weighted by atomic mass is 10.2. The Bertz CT molecular complexity index is 428. The van der Waals surface area contributed by atoms with Crippen LogP contribution < -0.4 is 9.96 Å². The van der Waals surface area contributed by atoms with E-state index < -0.39 is 9.12 Å². The molecule has 0 bridgehead atoms. The maximum Gasteiger partial charge on any atom is 0.327 e. The van der Waals surface area contributed by atoms with Gasteiger partial charge < -0.3 is 9.96 Å². The van der Waals surface area contributed by atoms with Gasteiger partial charge in [0.05, 0.1) is 0 Å². The zero-order chi connectivity index (χ0) is 14.1. The molecule has 0 atom stereocenters. The van der Waals surface area contributed by atoms with Crippen LogP contribution in [0.1, 0.15) is 32.3 Å². The first-order valence-electron chi connectivity index (χ1n) is 6.35. The van der Waals surface area contributed by atoms with Crippen molar-refractivity contribution in [2.24, 2.45) is 0 Å². The number of hydrogen-bond acceptors (Lipinski definition) is 2. The van der Waals surface area contributed by atoms with Crippen molar-refractivity contribution in [1.82, 2.24) is 9.96 Å². The van der Waals surface area contributed by atoms with E-state index in [0.29, 0.717) is 12.8 Å². The summed E-state index contributed by atoms with van der Waals surface area (Å²) in [5.41, 5.74) is 2.92. The third-order valence-corrected chi connectivity index (χ3v) is 4.03. The molecule has 0 fully saturated rings. The Balaban J connectivity index is 2.70. The molecule has 4 nitrogen and oxygen atoms in total. The first kappa shape index (κ1) is 15.2. The quantitative estimate of drug-likeness (QED) is 0.778. The average molecular weight is 275 g/mol. The molecule has 0 unspecified atom stereocenters. The van der Waals surface area contributed by atoms with Crippen LogP contribution in [-0.4, -0.2) is 20.9 Å². The van der Waals surface area contributed by atoms with Gasteiger partial charge in [-0.3, -0.25) is 9.59 Å². The molecular weight excluding hydrogens is 256 g/mol. The highest BCUT2D eigenvalue weighted by Crippen LogP contribution is 2.00. The second kappa shape index (κ2) is 8.26. The summed E-state index contributed by atoms with van der Waals surface area (Å²) in [6.45, 7) is 3.58. The molecule has 1 radical (unpaired) electrons. The largest absolute Gasteiger partial charge is 0.361 e. The minimum absolute atomic E-state index is 0.0528. The molecule has 19 heavy (non-hydrogen) atoms. The standard InChI is InChI=1S/C14H19N2O2Si/c1-3-13(17)15-19(16-14(18)4-2)11-10-12-8-6-5-7-9-12/h5-11H,3-4H2,1-2H3,(H,15,17)(H,16,18). The first-order valence-corrected chi connectivity index (χ1v) is 7.93. The Morgan fingerprint density at radius 2 is 1.58 bits per heavy atom. The highest BCUT2D eigenvalue weighted by atomic mass is 28.3. The molecule has 0 aliphatic carbocycles. The van der Waals surface area contributed by atoms with Crippen LogP contribution >= 0.6 is 0 Å². The molecule has 2 amide bonds. The fourth-order valence-corrected chi connectivity index (χ4v) is 2.88. The Labute approximate surface area is 115 Å². The maximum absolute atomic E-state index is 11.4. The van der Waals surface area contributed by atoms with Crippen LogP contribution in [0.3, 0.4) is 0 Å². The number of nitrogens with one attached hydrogen (secondary N) is 2. The van der Waals surface area contributed by atoms with Crippen molar-refractivity contribution in [2.45, 2.75) is 26.7 Å². The van der Waals surface area contributed by atoms with Crippen molar-refractivity contribution in [3.63, 3.8) is 0 Å². The molecule has 1 rings (SSSR count). The summed E-state index contributed by atoms with van der Waals surface area (Å²) >= 11 is 0. The van der Waals surface area contributed by atoms with Crippen molar-refractivity contribution >= 4 is 27.0 Å². The zero-order valence-corrected chi connectivity index (χ0v) is 12.3. The van der Waals surface area contributed by atoms with Gasteiger partial charge in [-0.2, -0.15) is 0 Å². The summed E-state index contributed by atoms with van der Waals surface area (Å²) in [5.74, 6) is -0.106. The number of hydrogen-bond donors (Lipinski definition) is 2. The lowest BCUT2D eigenvalue weighted by molar-refractivity contribution is -0.119. The number of rotatable bonds is 6. The summed E-state index contributed by atoms with van der Waals surface area (Å²) in [7, 11) is -1.54. The van der Waals surface area contributed by atoms with Crippen LogP contribution in [0.15, 0.2) is 36.0 Å². The molecule has 101 valence electrons. The van der Waals surface area contributed by atoms with Gasteiger partial charge in [0.2, 0.25) is 11.8 Å². The van der Waals surface area contributed by atoms with Gasteiger partial charge in [0.15, 0.2) is 0 Å². The Morgan fingerprint density at radius 3 is 2.05 bits per heavy atom. The number of carbonyl (C=O) groups is 2. The fourth-order valence-electron chi connectivity index (χ4n) is 1.34. The highest BCUT2D eigenvalue weighted by Gasteiger charge is 2.14. The van der Waals surface area contributed by atoms with Gasteiger partial charge in [-0.05, 0) is 5.56 Å². The predicted molar refractivity (Wildman–Crippen MR) is 78.1 cm³/mol. The molecule has 0 aliphatic rings. The summed E-state index contributed by atoms with van der Waals surface area (Å²) in [6.07, 6.45) is 2.74. The zero-order valence-electron chi connectivity index (χ0n) is 11.3. The van der Waals surface area contributed by atoms with Crippen LogP contribution in [0, 0.1) is 0 Å². The summed E-state index contributed by atoms with van der Waals surface area (Å²) in [5, 5.41) is 0. The smallest absolute Gasteiger partial charge is 0.327 e. The van der Waals surface area contributed by atoms with E-state index in [0.717, 1.165) is 5.56 Å². The lowest BCUT2D eigenvalue weighted by Crippen LogP contribution is -2.51. The molecule has 0 spiro atoms. The van der Waals surface area contributed by atoms with E-state index in [4.69, 9.17) is 0 Å². The summed E-state index contributed by atoms with van der Waals surface area (Å²) in [4.78, 5) is 28.6. The second-order valence-corrected chi connectivity index (χ2v) is 5.62. The van der Waals surface area contributed by atoms with Gasteiger partial charge in [-0.15, -0.1) is 0 Å². The van der Waals surface area contributed by atoms with Gasteiger partial charge in [0.25, 0.3) is 0 Å². The first-order chi connectivity index (χ1) is 9.15. The summed E-state index contributed by atoms with van der Waals surface area (Å²) < 4.78 is 0. The van der Waals surface area contributed by atoms with E-state index in [2.05, 4.69) is 9.96 Å². The van der Waals surface area contributed by atoms with Gasteiger partial charge >= 0.3 is 9.12 Å². The van der Waals surface area contributed by atoms with E-state index in [-0.39, 0.29) is 11.8 Å². The molecular formula is C14H19N2O2Si. The molecule has 0 aromatic heterocycles. The van der Waals surface area contributed by atoms with Gasteiger partial charge in [-0.25, -0.2) is 0 Å². The Hall–Kier alpha value is -1.88. The number of benzene rings is 1. The monoisotopic (exact) mass is 275 g/mol. The summed E-state index contributed by atoms with van der Waals surface area (Å²) in [6, 6.07) is 9.78. The van der Waals surface area contributed by atoms with Gasteiger partial charge in [0, 0.05) is 12.8 Å². The minimum atomic E-state index is -1.54. The molecule has 0 aliphatic heterocycles. The number of carbonyl (C=O) groups excluding carboxylic acids is 2. The molecule has 0 saturated carbocycles. The molecule has 1 aromatic carbocycles. The van der Waals surface area contributed by atoms with Crippen molar-refractivity contribution < 1.29 is 9.59 Å². The van der Waals surface area contributed by atoms with Crippen LogP contribution in [-0.2, 0) is 9.59 Å². The fraction of sp³-hybridized carbons (Fsp3) is 0.286. The Kier molecular flexibility index (Phi) is 6.60. The topological polar surface area (TPSA) is 58.2 Å². The van der Waals surface area contributed by atoms with E-state index in [1.54, 1.807) is 13.8 Å². The van der Waals surface area contributed by atoms with Crippen molar-refractivity contribution in [3.05, 3.63) is 41.6 Å². The van der Waals surface area contributed by atoms with Crippen LogP contribution in [0.2, 0.25) is 0 Å². The SMILES string of the molecule is CCC(=O)N[Si](C=Cc1ccccc1)NC(=O)CC. The van der Waals surface area contributed by atoms with Crippen molar-refractivity contribution in [1.29, 1.82) is 0 Å². The lowest BCUT2D eigenvalue weighted by Gasteiger charge is -2.12. The van der Waals surface area contributed by atoms with Gasteiger partial charge in [0.1, 0.15) is 0 Å². The average Bonchev–Trinajstić information content (AvgIpc) is 2.45. The van der Waals surface area contributed by atoms with E-state index in [9.17, 15) is 9.59 Å².